The molecular formula is C11H13N. The Morgan fingerprint density at radius 1 is 1.17 bits per heavy atom. The Morgan fingerprint density at radius 2 is 1.92 bits per heavy atom. The number of benzene rings is 1. The average molecular weight is 159 g/mol. The maximum Gasteiger partial charge on any atom is 0.0180 e. The van der Waals surface area contributed by atoms with E-state index < -0.39 is 0 Å². The second-order valence-corrected chi connectivity index (χ2v) is 3.16. The van der Waals surface area contributed by atoms with Gasteiger partial charge in [-0.1, -0.05) is 36.4 Å². The summed E-state index contributed by atoms with van der Waals surface area (Å²) in [5, 5.41) is 3.23. The lowest BCUT2D eigenvalue weighted by Crippen LogP contribution is -2.33. The van der Waals surface area contributed by atoms with E-state index in [1.54, 1.807) is 5.57 Å². The van der Waals surface area contributed by atoms with Crippen molar-refractivity contribution in [2.75, 3.05) is 13.1 Å². The highest BCUT2D eigenvalue weighted by Gasteiger charge is 2.04. The monoisotopic (exact) mass is 159 g/mol. The molecule has 1 heteroatoms. The summed E-state index contributed by atoms with van der Waals surface area (Å²) >= 11 is 0. The summed E-state index contributed by atoms with van der Waals surface area (Å²) < 4.78 is 0. The minimum atomic E-state index is 1.08. The largest absolute Gasteiger partial charge is 0.309 e. The van der Waals surface area contributed by atoms with Crippen LogP contribution in [-0.4, -0.2) is 13.1 Å². The molecular weight excluding hydrogens is 146 g/mol. The molecule has 0 amide bonds. The van der Waals surface area contributed by atoms with Crippen LogP contribution < -0.4 is 5.32 Å². The number of allylic oxidation sites excluding steroid dienone is 1. The van der Waals surface area contributed by atoms with Crippen molar-refractivity contribution >= 4 is 0 Å². The van der Waals surface area contributed by atoms with Crippen molar-refractivity contribution in [3.8, 4) is 0 Å². The fourth-order valence-corrected chi connectivity index (χ4v) is 1.29. The zero-order valence-corrected chi connectivity index (χ0v) is 7.09. The summed E-state index contributed by atoms with van der Waals surface area (Å²) in [6.45, 7) is 2.18. The van der Waals surface area contributed by atoms with Crippen molar-refractivity contribution in [1.29, 1.82) is 0 Å². The van der Waals surface area contributed by atoms with E-state index in [9.17, 15) is 0 Å². The molecule has 0 spiro atoms. The summed E-state index contributed by atoms with van der Waals surface area (Å²) in [4.78, 5) is 0. The number of hydrogen-bond donors (Lipinski definition) is 1. The first-order chi connectivity index (χ1) is 5.95. The average Bonchev–Trinajstić information content (AvgIpc) is 2.04. The Kier molecular flexibility index (Phi) is 2.23. The lowest BCUT2D eigenvalue weighted by Gasteiger charge is -2.18. The third kappa shape index (κ3) is 1.74. The summed E-state index contributed by atoms with van der Waals surface area (Å²) in [6.07, 6.45) is 3.41. The van der Waals surface area contributed by atoms with Crippen molar-refractivity contribution in [2.24, 2.45) is 0 Å². The van der Waals surface area contributed by atoms with Gasteiger partial charge in [0.05, 0.1) is 0 Å². The molecule has 2 rings (SSSR count). The van der Waals surface area contributed by atoms with E-state index in [2.05, 4.69) is 41.7 Å². The molecule has 0 aliphatic carbocycles. The molecule has 0 aromatic heterocycles. The second-order valence-electron chi connectivity index (χ2n) is 3.16. The first-order valence-corrected chi connectivity index (χ1v) is 4.38. The Morgan fingerprint density at radius 3 is 2.50 bits per heavy atom. The number of hydrogen-bond acceptors (Lipinski definition) is 1. The van der Waals surface area contributed by atoms with Gasteiger partial charge in [0.15, 0.2) is 0 Å². The summed E-state index contributed by atoms with van der Waals surface area (Å²) in [7, 11) is 0. The van der Waals surface area contributed by atoms with Crippen LogP contribution in [0.15, 0.2) is 42.0 Å². The Hall–Kier alpha value is -1.08. The second kappa shape index (κ2) is 3.55. The predicted octanol–water partition coefficient (Wildman–Crippen LogP) is 1.76. The molecule has 1 nitrogen and oxygen atoms in total. The van der Waals surface area contributed by atoms with E-state index >= 15 is 0 Å². The molecule has 1 heterocycles. The third-order valence-corrected chi connectivity index (χ3v) is 2.17. The van der Waals surface area contributed by atoms with Gasteiger partial charge in [-0.05, 0) is 17.6 Å². The van der Waals surface area contributed by atoms with Crippen molar-refractivity contribution in [1.82, 2.24) is 5.32 Å². The predicted molar refractivity (Wildman–Crippen MR) is 51.1 cm³/mol. The molecule has 1 aromatic rings. The number of rotatable bonds is 2. The highest BCUT2D eigenvalue weighted by molar-refractivity contribution is 5.22. The minimum absolute atomic E-state index is 1.08. The quantitative estimate of drug-likeness (QED) is 0.648. The van der Waals surface area contributed by atoms with E-state index in [1.165, 1.54) is 5.56 Å². The summed E-state index contributed by atoms with van der Waals surface area (Å²) in [5.41, 5.74) is 2.94. The Labute approximate surface area is 73.1 Å². The van der Waals surface area contributed by atoms with Gasteiger partial charge in [-0.15, -0.1) is 0 Å². The lowest BCUT2D eigenvalue weighted by atomic mass is 10.1. The molecule has 1 fully saturated rings. The Balaban J connectivity index is 1.95. The molecule has 12 heavy (non-hydrogen) atoms. The van der Waals surface area contributed by atoms with E-state index in [0.717, 1.165) is 19.5 Å². The van der Waals surface area contributed by atoms with Crippen molar-refractivity contribution in [3.63, 3.8) is 0 Å². The summed E-state index contributed by atoms with van der Waals surface area (Å²) in [6, 6.07) is 10.6. The van der Waals surface area contributed by atoms with Crippen LogP contribution in [0.1, 0.15) is 5.56 Å². The first-order valence-electron chi connectivity index (χ1n) is 4.38. The topological polar surface area (TPSA) is 12.0 Å². The van der Waals surface area contributed by atoms with Crippen molar-refractivity contribution in [2.45, 2.75) is 6.42 Å². The highest BCUT2D eigenvalue weighted by atomic mass is 14.9. The van der Waals surface area contributed by atoms with Crippen LogP contribution in [0.4, 0.5) is 0 Å². The molecule has 0 saturated carbocycles. The van der Waals surface area contributed by atoms with Crippen LogP contribution in [0.5, 0.6) is 0 Å². The van der Waals surface area contributed by atoms with Gasteiger partial charge < -0.3 is 5.32 Å². The molecule has 62 valence electrons. The standard InChI is InChI=1S/C11H13N/c1-2-4-10(5-3-1)6-7-11-8-12-9-11/h1-5,7,12H,6,8-9H2. The zero-order valence-electron chi connectivity index (χ0n) is 7.09. The molecule has 0 atom stereocenters. The fraction of sp³-hybridized carbons (Fsp3) is 0.273. The molecule has 1 saturated heterocycles. The minimum Gasteiger partial charge on any atom is -0.309 e. The summed E-state index contributed by atoms with van der Waals surface area (Å²) in [5.74, 6) is 0. The van der Waals surface area contributed by atoms with E-state index in [1.807, 2.05) is 0 Å². The van der Waals surface area contributed by atoms with Crippen molar-refractivity contribution < 1.29 is 0 Å². The maximum absolute atomic E-state index is 3.23. The van der Waals surface area contributed by atoms with Crippen LogP contribution in [0.3, 0.4) is 0 Å². The van der Waals surface area contributed by atoms with E-state index in [0.29, 0.717) is 0 Å². The van der Waals surface area contributed by atoms with Gasteiger partial charge in [-0.2, -0.15) is 0 Å². The number of nitrogens with one attached hydrogen (secondary N) is 1. The van der Waals surface area contributed by atoms with Crippen molar-refractivity contribution in [3.05, 3.63) is 47.5 Å². The molecule has 0 radical (unpaired) electrons. The van der Waals surface area contributed by atoms with Gasteiger partial charge in [0.2, 0.25) is 0 Å². The van der Waals surface area contributed by atoms with Crippen LogP contribution in [0.2, 0.25) is 0 Å². The van der Waals surface area contributed by atoms with Gasteiger partial charge in [-0.25, -0.2) is 0 Å². The molecule has 1 aromatic carbocycles. The third-order valence-electron chi connectivity index (χ3n) is 2.17. The van der Waals surface area contributed by atoms with Crippen LogP contribution in [0.25, 0.3) is 0 Å². The van der Waals surface area contributed by atoms with Gasteiger partial charge in [0.1, 0.15) is 0 Å². The molecule has 0 unspecified atom stereocenters. The highest BCUT2D eigenvalue weighted by Crippen LogP contribution is 2.05. The first kappa shape index (κ1) is 7.56. The zero-order chi connectivity index (χ0) is 8.23. The SMILES string of the molecule is C(Cc1ccccc1)=C1CNC1. The molecule has 1 aliphatic heterocycles. The smallest absolute Gasteiger partial charge is 0.0180 e. The van der Waals surface area contributed by atoms with Gasteiger partial charge >= 0.3 is 0 Å². The van der Waals surface area contributed by atoms with Gasteiger partial charge in [-0.3, -0.25) is 0 Å². The van der Waals surface area contributed by atoms with Crippen LogP contribution in [0, 0.1) is 0 Å². The lowest BCUT2D eigenvalue weighted by molar-refractivity contribution is 0.664. The van der Waals surface area contributed by atoms with Gasteiger partial charge in [0, 0.05) is 13.1 Å². The van der Waals surface area contributed by atoms with E-state index in [-0.39, 0.29) is 0 Å². The Bertz CT molecular complexity index is 268. The maximum atomic E-state index is 3.23. The molecule has 1 aliphatic rings. The fourth-order valence-electron chi connectivity index (χ4n) is 1.29. The van der Waals surface area contributed by atoms with E-state index in [4.69, 9.17) is 0 Å². The van der Waals surface area contributed by atoms with Crippen LogP contribution in [-0.2, 0) is 6.42 Å². The van der Waals surface area contributed by atoms with Gasteiger partial charge in [0.25, 0.3) is 0 Å². The van der Waals surface area contributed by atoms with Crippen LogP contribution >= 0.6 is 0 Å². The molecule has 1 N–H and O–H groups in total. The normalized spacial score (nSPS) is 15.5. The molecule has 0 bridgehead atoms.